The number of benzene rings is 5. The molecule has 0 bridgehead atoms. The van der Waals surface area contributed by atoms with Gasteiger partial charge in [-0.15, -0.1) is 0 Å². The number of rotatable bonds is 19. The Labute approximate surface area is 556 Å². The van der Waals surface area contributed by atoms with E-state index < -0.39 is 66.4 Å². The number of carboxylic acid groups (broad SMARTS) is 1. The van der Waals surface area contributed by atoms with Gasteiger partial charge in [-0.25, -0.2) is 69.9 Å². The van der Waals surface area contributed by atoms with Crippen molar-refractivity contribution in [2.75, 3.05) is 68.1 Å². The minimum absolute atomic E-state index is 0.0386. The molecule has 0 radical (unpaired) electrons. The van der Waals surface area contributed by atoms with Gasteiger partial charge in [-0.1, -0.05) is 152 Å². The molecular weight excluding hydrogens is 1230 g/mol. The topological polar surface area (TPSA) is 384 Å². The van der Waals surface area contributed by atoms with E-state index in [1.54, 1.807) is 69.5 Å². The lowest BCUT2D eigenvalue weighted by atomic mass is 10.2. The van der Waals surface area contributed by atoms with E-state index in [-0.39, 0.29) is 38.3 Å². The van der Waals surface area contributed by atoms with Crippen LogP contribution in [0, 0.1) is 0 Å². The van der Waals surface area contributed by atoms with Gasteiger partial charge >= 0.3 is 54.2 Å². The molecule has 95 heavy (non-hydrogen) atoms. The number of nitrogens with zero attached hydrogens (tertiary/aromatic N) is 7. The number of aliphatic carboxylic acids is 1. The molecular formula is C65H95N15O15. The van der Waals surface area contributed by atoms with Crippen LogP contribution in [0.4, 0.5) is 28.8 Å². The van der Waals surface area contributed by atoms with Crippen molar-refractivity contribution in [1.29, 1.82) is 0 Å². The van der Waals surface area contributed by atoms with Crippen molar-refractivity contribution >= 4 is 60.3 Å². The highest BCUT2D eigenvalue weighted by atomic mass is 16.6. The van der Waals surface area contributed by atoms with Crippen LogP contribution < -0.4 is 43.8 Å². The third-order valence-corrected chi connectivity index (χ3v) is 11.1. The highest BCUT2D eigenvalue weighted by molar-refractivity contribution is 5.83. The van der Waals surface area contributed by atoms with Gasteiger partial charge in [0, 0.05) is 54.4 Å². The summed E-state index contributed by atoms with van der Waals surface area (Å²) in [5.74, 6) is 7.52. The molecule has 5 aromatic rings. The molecule has 0 aromatic heterocycles. The molecule has 0 aliphatic carbocycles. The van der Waals surface area contributed by atoms with Gasteiger partial charge < -0.3 is 45.3 Å². The predicted octanol–water partition coefficient (Wildman–Crippen LogP) is 6.81. The number of carbonyl (C=O) groups excluding carboxylic acids is 9. The van der Waals surface area contributed by atoms with Gasteiger partial charge in [0.25, 0.3) is 0 Å². The van der Waals surface area contributed by atoms with Crippen LogP contribution in [0.25, 0.3) is 0 Å². The van der Waals surface area contributed by atoms with Gasteiger partial charge in [-0.05, 0) is 90.3 Å². The second-order valence-corrected chi connectivity index (χ2v) is 21.4. The highest BCUT2D eigenvalue weighted by Crippen LogP contribution is 2.14. The molecule has 11 N–H and O–H groups in total. The summed E-state index contributed by atoms with van der Waals surface area (Å²) in [7, 11) is 7.37. The van der Waals surface area contributed by atoms with Crippen molar-refractivity contribution in [1.82, 2.24) is 62.2 Å². The van der Waals surface area contributed by atoms with Crippen LogP contribution in [-0.2, 0) is 70.8 Å². The van der Waals surface area contributed by atoms with E-state index in [0.29, 0.717) is 26.2 Å². The summed E-state index contributed by atoms with van der Waals surface area (Å²) in [4.78, 5) is 119. The number of esters is 2. The van der Waals surface area contributed by atoms with Crippen molar-refractivity contribution in [2.24, 2.45) is 16.7 Å². The SMILES string of the molecule is CCOC(=O)CN(C(=O)OC(C)(C)C)N(C)C(=O)NCc1ccccc1.CCOC(=O)CNN(C)C(=O)NCc1ccccc1.CN(C(=O)NCc1ccccc1)N(CC(=O)O)C(=O)OC(C)(C)C.CN(N)C(=O)NCc1ccccc1.CNN.O=C=NCc1ccccc1. The molecule has 0 aliphatic heterocycles. The number of nitrogens with one attached hydrogen (secondary N) is 6. The summed E-state index contributed by atoms with van der Waals surface area (Å²) < 4.78 is 20.0. The van der Waals surface area contributed by atoms with Crippen molar-refractivity contribution < 1.29 is 72.0 Å². The van der Waals surface area contributed by atoms with Gasteiger partial charge in [0.1, 0.15) is 30.8 Å². The largest absolute Gasteiger partial charge is 0.480 e. The maximum atomic E-state index is 12.4. The Morgan fingerprint density at radius 1 is 0.495 bits per heavy atom. The van der Waals surface area contributed by atoms with Crippen LogP contribution in [-0.4, -0.2) is 175 Å². The number of amides is 10. The van der Waals surface area contributed by atoms with E-state index in [2.05, 4.69) is 43.0 Å². The first-order valence-electron chi connectivity index (χ1n) is 29.6. The number of isocyanates is 1. The molecule has 30 nitrogen and oxygen atoms in total. The van der Waals surface area contributed by atoms with Gasteiger partial charge in [-0.3, -0.25) is 35.7 Å². The van der Waals surface area contributed by atoms with Crippen LogP contribution in [0.2, 0.25) is 0 Å². The molecule has 0 saturated carbocycles. The first kappa shape index (κ1) is 84.3. The van der Waals surface area contributed by atoms with Crippen LogP contribution in [0.3, 0.4) is 0 Å². The smallest absolute Gasteiger partial charge is 0.429 e. The third-order valence-electron chi connectivity index (χ3n) is 11.1. The Morgan fingerprint density at radius 3 is 1.11 bits per heavy atom. The number of hydrazine groups is 5. The van der Waals surface area contributed by atoms with E-state index in [1.807, 2.05) is 152 Å². The molecule has 30 heteroatoms. The molecule has 0 heterocycles. The zero-order valence-corrected chi connectivity index (χ0v) is 56.5. The minimum atomic E-state index is -1.26. The van der Waals surface area contributed by atoms with Gasteiger partial charge in [0.05, 0.1) is 19.8 Å². The van der Waals surface area contributed by atoms with E-state index >= 15 is 0 Å². The molecule has 0 atom stereocenters. The van der Waals surface area contributed by atoms with Gasteiger partial charge in [-0.2, -0.15) is 0 Å². The molecule has 0 spiro atoms. The summed E-state index contributed by atoms with van der Waals surface area (Å²) in [5, 5.41) is 25.4. The second-order valence-electron chi connectivity index (χ2n) is 21.4. The minimum Gasteiger partial charge on any atom is -0.480 e. The molecule has 0 aliphatic rings. The maximum absolute atomic E-state index is 12.4. The molecule has 0 unspecified atom stereocenters. The first-order valence-corrected chi connectivity index (χ1v) is 29.6. The van der Waals surface area contributed by atoms with Crippen LogP contribution in [0.1, 0.15) is 83.2 Å². The molecule has 0 saturated heterocycles. The molecule has 5 aromatic carbocycles. The Morgan fingerprint density at radius 2 is 0.800 bits per heavy atom. The number of urea groups is 4. The van der Waals surface area contributed by atoms with Gasteiger partial charge in [0.15, 0.2) is 0 Å². The zero-order valence-electron chi connectivity index (χ0n) is 56.5. The highest BCUT2D eigenvalue weighted by Gasteiger charge is 2.31. The summed E-state index contributed by atoms with van der Waals surface area (Å²) in [6.45, 7) is 14.7. The summed E-state index contributed by atoms with van der Waals surface area (Å²) in [5.41, 5.74) is 8.19. The number of aliphatic imine (C=N–C) groups is 1. The fourth-order valence-corrected chi connectivity index (χ4v) is 6.63. The Balaban J connectivity index is 0.00000119. The summed E-state index contributed by atoms with van der Waals surface area (Å²) in [6, 6.07) is 45.6. The fourth-order valence-electron chi connectivity index (χ4n) is 6.63. The average molecular weight is 1330 g/mol. The lowest BCUT2D eigenvalue weighted by molar-refractivity contribution is -0.147. The lowest BCUT2D eigenvalue weighted by Crippen LogP contribution is -2.54. The molecule has 10 amide bonds. The van der Waals surface area contributed by atoms with Crippen LogP contribution >= 0.6 is 0 Å². The predicted molar refractivity (Wildman–Crippen MR) is 356 cm³/mol. The Kier molecular flexibility index (Phi) is 42.8. The summed E-state index contributed by atoms with van der Waals surface area (Å²) in [6.07, 6.45) is -0.240. The zero-order chi connectivity index (χ0) is 71.8. The van der Waals surface area contributed by atoms with Crippen molar-refractivity contribution in [2.45, 2.75) is 99.3 Å². The van der Waals surface area contributed by atoms with E-state index in [4.69, 9.17) is 29.9 Å². The van der Waals surface area contributed by atoms with Gasteiger partial charge in [0.2, 0.25) is 6.08 Å². The third kappa shape index (κ3) is 42.2. The Hall–Kier alpha value is -10.7. The number of carboxylic acids is 1. The van der Waals surface area contributed by atoms with E-state index in [0.717, 1.165) is 52.9 Å². The molecule has 520 valence electrons. The second kappa shape index (κ2) is 48.1. The fraction of sp³-hybridized carbons (Fsp3) is 0.385. The first-order chi connectivity index (χ1) is 44.9. The maximum Gasteiger partial charge on any atom is 0.429 e. The lowest BCUT2D eigenvalue weighted by Gasteiger charge is -2.32. The normalized spacial score (nSPS) is 9.93. The monoisotopic (exact) mass is 1330 g/mol. The van der Waals surface area contributed by atoms with Crippen molar-refractivity contribution in [3.05, 3.63) is 179 Å². The van der Waals surface area contributed by atoms with E-state index in [9.17, 15) is 47.9 Å². The van der Waals surface area contributed by atoms with Crippen LogP contribution in [0.5, 0.6) is 0 Å². The van der Waals surface area contributed by atoms with Crippen LogP contribution in [0.15, 0.2) is 157 Å². The Bertz CT molecular complexity index is 3070. The van der Waals surface area contributed by atoms with Crippen molar-refractivity contribution in [3.63, 3.8) is 0 Å². The molecule has 0 fully saturated rings. The number of ether oxygens (including phenoxy) is 4. The summed E-state index contributed by atoms with van der Waals surface area (Å²) >= 11 is 0. The average Bonchev–Trinajstić information content (AvgIpc) is 0.914. The number of nitrogens with two attached hydrogens (primary N) is 2. The number of carbonyl (C=O) groups is 9. The van der Waals surface area contributed by atoms with E-state index in [1.165, 1.54) is 32.2 Å². The molecule has 5 rings (SSSR count). The number of hydrogen-bond donors (Lipinski definition) is 9. The van der Waals surface area contributed by atoms with Crippen molar-refractivity contribution in [3.8, 4) is 0 Å². The quantitative estimate of drug-likeness (QED) is 0.00779. The standard InChI is InChI=1S/C18H27N3O5.C16H23N3O5.C13H19N3O3.C9H13N3O.C8H7NO.CH6N2/c1-6-25-15(22)13-21(17(24)26-18(2,3)4)20(5)16(23)19-12-14-10-8-7-9-11-14;1-16(2,3)24-15(23)19(11-13(20)21)18(4)14(22)17-10-12-8-6-5-7-9-12;1-3-19-12(17)10-15-16(2)13(18)14-9-11-7-5-4-6-8-11;1-12(10)9(13)11-7-8-5-3-2-4-6-8;10-7-9-6-8-4-2-1-3-5-8;1-3-2/h7-11H,6,12-13H2,1-5H3,(H,19,23);5-9H,10-11H2,1-4H3,(H,17,22)(H,20,21);4-8,15H,3,9-10H2,1-2H3,(H,14,18);2-6H,7,10H2,1H3,(H,11,13);1-5H,6H2;3H,2H2,1H3. The number of hydrogen-bond acceptors (Lipinski definition) is 19.